The molecule has 2 saturated carbocycles. The molecule has 4 heteroatoms. The van der Waals surface area contributed by atoms with E-state index in [9.17, 15) is 8.78 Å². The van der Waals surface area contributed by atoms with Crippen LogP contribution in [0.1, 0.15) is 75.3 Å². The predicted octanol–water partition coefficient (Wildman–Crippen LogP) is 8.14. The van der Waals surface area contributed by atoms with Crippen molar-refractivity contribution in [2.75, 3.05) is 0 Å². The molecule has 0 heterocycles. The van der Waals surface area contributed by atoms with E-state index < -0.39 is 11.6 Å². The van der Waals surface area contributed by atoms with Crippen molar-refractivity contribution in [1.29, 1.82) is 0 Å². The monoisotopic (exact) mass is 560 g/mol. The summed E-state index contributed by atoms with van der Waals surface area (Å²) in [6.45, 7) is 3.99. The van der Waals surface area contributed by atoms with Gasteiger partial charge < -0.3 is 0 Å². The summed E-state index contributed by atoms with van der Waals surface area (Å²) in [5.41, 5.74) is 1.02. The third-order valence-corrected chi connectivity index (χ3v) is 6.24. The van der Waals surface area contributed by atoms with Crippen molar-refractivity contribution in [1.82, 2.24) is 0 Å². The first-order valence-corrected chi connectivity index (χ1v) is 15.4. The standard InChI is InChI=1S/C20H28F2.I2/c1-13-3-6-15(7-4-13)16-8-10-17(11-9-16)18-12-5-14(2)19(21)20(18)22;1-2/h5,12-13,15-17H,3-4,6-11H2,1-2H3;. The molecule has 0 radical (unpaired) electrons. The zero-order chi connectivity index (χ0) is 17.7. The summed E-state index contributed by atoms with van der Waals surface area (Å²) in [5.74, 6) is 1.57. The van der Waals surface area contributed by atoms with E-state index in [-0.39, 0.29) is 5.92 Å². The minimum absolute atomic E-state index is 0.217. The summed E-state index contributed by atoms with van der Waals surface area (Å²) in [6, 6.07) is 3.53. The van der Waals surface area contributed by atoms with Crippen LogP contribution in [0.5, 0.6) is 0 Å². The highest BCUT2D eigenvalue weighted by Crippen LogP contribution is 2.44. The first kappa shape index (κ1) is 20.8. The second kappa shape index (κ2) is 10.0. The van der Waals surface area contributed by atoms with E-state index in [1.54, 1.807) is 19.1 Å². The topological polar surface area (TPSA) is 0 Å². The highest BCUT2D eigenvalue weighted by molar-refractivity contribution is 15.0. The number of rotatable bonds is 2. The van der Waals surface area contributed by atoms with Crippen LogP contribution in [0.4, 0.5) is 8.78 Å². The average molecular weight is 560 g/mol. The van der Waals surface area contributed by atoms with Crippen molar-refractivity contribution in [3.8, 4) is 0 Å². The van der Waals surface area contributed by atoms with Crippen molar-refractivity contribution in [3.05, 3.63) is 34.9 Å². The van der Waals surface area contributed by atoms with Gasteiger partial charge in [-0.3, -0.25) is 0 Å². The summed E-state index contributed by atoms with van der Waals surface area (Å²) in [4.78, 5) is 0. The number of halogens is 4. The van der Waals surface area contributed by atoms with E-state index in [4.69, 9.17) is 0 Å². The van der Waals surface area contributed by atoms with Gasteiger partial charge in [0.1, 0.15) is 0 Å². The van der Waals surface area contributed by atoms with Crippen LogP contribution in [0, 0.1) is 36.3 Å². The molecule has 24 heavy (non-hydrogen) atoms. The molecule has 136 valence electrons. The lowest BCUT2D eigenvalue weighted by Gasteiger charge is -2.37. The van der Waals surface area contributed by atoms with Crippen LogP contribution in [0.2, 0.25) is 0 Å². The second-order valence-electron chi connectivity index (χ2n) is 7.73. The number of hydrogen-bond acceptors (Lipinski definition) is 0. The highest BCUT2D eigenvalue weighted by Gasteiger charge is 2.31. The molecule has 0 aromatic heterocycles. The van der Waals surface area contributed by atoms with Crippen LogP contribution in [-0.2, 0) is 0 Å². The molecular formula is C20H28F2I2. The molecular weight excluding hydrogens is 532 g/mol. The lowest BCUT2D eigenvalue weighted by atomic mass is 9.68. The third-order valence-electron chi connectivity index (χ3n) is 6.24. The predicted molar refractivity (Wildman–Crippen MR) is 115 cm³/mol. The summed E-state index contributed by atoms with van der Waals surface area (Å²) in [5, 5.41) is 0. The van der Waals surface area contributed by atoms with E-state index in [2.05, 4.69) is 44.2 Å². The molecule has 2 fully saturated rings. The minimum Gasteiger partial charge on any atom is -0.203 e. The molecule has 1 aromatic rings. The van der Waals surface area contributed by atoms with Gasteiger partial charge in [-0.05, 0) is 80.2 Å². The molecule has 0 spiro atoms. The maximum atomic E-state index is 14.2. The maximum absolute atomic E-state index is 14.2. The van der Waals surface area contributed by atoms with Gasteiger partial charge in [-0.15, -0.1) is 0 Å². The first-order chi connectivity index (χ1) is 11.6. The molecule has 2 aliphatic carbocycles. The van der Waals surface area contributed by atoms with Gasteiger partial charge in [-0.25, -0.2) is 8.78 Å². The summed E-state index contributed by atoms with van der Waals surface area (Å²) in [7, 11) is 0. The highest BCUT2D eigenvalue weighted by atomic mass is 128. The molecule has 0 nitrogen and oxygen atoms in total. The van der Waals surface area contributed by atoms with Crippen LogP contribution in [0.3, 0.4) is 0 Å². The molecule has 1 aromatic carbocycles. The van der Waals surface area contributed by atoms with Crippen LogP contribution < -0.4 is 0 Å². The van der Waals surface area contributed by atoms with Crippen molar-refractivity contribution in [2.24, 2.45) is 17.8 Å². The van der Waals surface area contributed by atoms with Crippen LogP contribution >= 0.6 is 37.2 Å². The van der Waals surface area contributed by atoms with E-state index >= 15 is 0 Å². The van der Waals surface area contributed by atoms with Gasteiger partial charge in [-0.2, -0.15) is 0 Å². The number of aryl methyl sites for hydroxylation is 1. The fourth-order valence-corrected chi connectivity index (χ4v) is 4.64. The Kier molecular flexibility index (Phi) is 8.71. The van der Waals surface area contributed by atoms with E-state index in [1.165, 1.54) is 38.5 Å². The SMILES string of the molecule is Cc1ccc(C2CCC(C3CCC(C)CC3)CC2)c(F)c1F.II. The lowest BCUT2D eigenvalue weighted by molar-refractivity contribution is 0.164. The van der Waals surface area contributed by atoms with Gasteiger partial charge in [0.2, 0.25) is 0 Å². The van der Waals surface area contributed by atoms with Crippen molar-refractivity contribution < 1.29 is 8.78 Å². The number of hydrogen-bond donors (Lipinski definition) is 0. The summed E-state index contributed by atoms with van der Waals surface area (Å²) < 4.78 is 27.9. The molecule has 0 unspecified atom stereocenters. The maximum Gasteiger partial charge on any atom is 0.162 e. The molecule has 0 aliphatic heterocycles. The molecule has 2 aliphatic rings. The summed E-state index contributed by atoms with van der Waals surface area (Å²) in [6.07, 6.45) is 9.95. The van der Waals surface area contributed by atoms with Gasteiger partial charge in [-0.1, -0.05) is 31.9 Å². The van der Waals surface area contributed by atoms with Crippen LogP contribution in [-0.4, -0.2) is 0 Å². The fourth-order valence-electron chi connectivity index (χ4n) is 4.64. The Morgan fingerprint density at radius 2 is 1.29 bits per heavy atom. The first-order valence-electron chi connectivity index (χ1n) is 9.15. The van der Waals surface area contributed by atoms with Crippen molar-refractivity contribution >= 4 is 37.2 Å². The van der Waals surface area contributed by atoms with E-state index in [0.717, 1.165) is 30.6 Å². The molecule has 0 atom stereocenters. The quantitative estimate of drug-likeness (QED) is 0.321. The smallest absolute Gasteiger partial charge is 0.162 e. The largest absolute Gasteiger partial charge is 0.203 e. The Morgan fingerprint density at radius 1 is 0.792 bits per heavy atom. The molecule has 0 N–H and O–H groups in total. The zero-order valence-electron chi connectivity index (χ0n) is 14.6. The van der Waals surface area contributed by atoms with Gasteiger partial charge in [0.05, 0.1) is 0 Å². The average Bonchev–Trinajstić information content (AvgIpc) is 2.63. The van der Waals surface area contributed by atoms with Crippen LogP contribution in [0.25, 0.3) is 0 Å². The Morgan fingerprint density at radius 3 is 1.83 bits per heavy atom. The molecule has 0 saturated heterocycles. The third kappa shape index (κ3) is 5.04. The summed E-state index contributed by atoms with van der Waals surface area (Å²) >= 11 is 4.24. The lowest BCUT2D eigenvalue weighted by Crippen LogP contribution is -2.25. The minimum atomic E-state index is -0.652. The molecule has 3 rings (SSSR count). The van der Waals surface area contributed by atoms with Crippen molar-refractivity contribution in [3.63, 3.8) is 0 Å². The number of benzene rings is 1. The van der Waals surface area contributed by atoms with E-state index in [0.29, 0.717) is 11.1 Å². The van der Waals surface area contributed by atoms with Gasteiger partial charge in [0, 0.05) is 37.2 Å². The Bertz CT molecular complexity index is 517. The molecule has 0 amide bonds. The second-order valence-corrected chi connectivity index (χ2v) is 7.73. The Balaban J connectivity index is 0.00000100. The van der Waals surface area contributed by atoms with Crippen molar-refractivity contribution in [2.45, 2.75) is 71.1 Å². The van der Waals surface area contributed by atoms with Gasteiger partial charge >= 0.3 is 0 Å². The zero-order valence-corrected chi connectivity index (χ0v) is 18.9. The Hall–Kier alpha value is 0.540. The fraction of sp³-hybridized carbons (Fsp3) is 0.700. The van der Waals surface area contributed by atoms with E-state index in [1.807, 2.05) is 0 Å². The van der Waals surface area contributed by atoms with Gasteiger partial charge in [0.15, 0.2) is 11.6 Å². The van der Waals surface area contributed by atoms with Crippen LogP contribution in [0.15, 0.2) is 12.1 Å². The van der Waals surface area contributed by atoms with Gasteiger partial charge in [0.25, 0.3) is 0 Å². The Labute approximate surface area is 168 Å². The molecule has 0 bridgehead atoms. The normalized spacial score (nSPS) is 30.4.